The molecule has 0 aliphatic rings. The molecule has 3 aromatic rings. The van der Waals surface area contributed by atoms with Crippen molar-refractivity contribution in [3.8, 4) is 5.69 Å². The lowest BCUT2D eigenvalue weighted by atomic mass is 10.0. The Kier molecular flexibility index (Phi) is 7.78. The van der Waals surface area contributed by atoms with Gasteiger partial charge in [0.25, 0.3) is 11.6 Å². The van der Waals surface area contributed by atoms with Crippen LogP contribution in [-0.2, 0) is 11.2 Å². The molecule has 172 valence electrons. The van der Waals surface area contributed by atoms with E-state index in [9.17, 15) is 19.7 Å². The molecule has 0 aliphatic carbocycles. The van der Waals surface area contributed by atoms with E-state index in [1.807, 2.05) is 50.4 Å². The van der Waals surface area contributed by atoms with Gasteiger partial charge in [-0.1, -0.05) is 37.6 Å². The maximum absolute atomic E-state index is 12.7. The van der Waals surface area contributed by atoms with Gasteiger partial charge in [-0.15, -0.1) is 0 Å². The average Bonchev–Trinajstić information content (AvgIpc) is 3.32. The summed E-state index contributed by atoms with van der Waals surface area (Å²) in [6.07, 6.45) is 4.19. The third kappa shape index (κ3) is 6.17. The Labute approximate surface area is 195 Å². The minimum atomic E-state index is -0.797. The zero-order valence-corrected chi connectivity index (χ0v) is 19.0. The molecule has 9 nitrogen and oxygen atoms in total. The number of aromatic nitrogens is 2. The summed E-state index contributed by atoms with van der Waals surface area (Å²) < 4.78 is 1.76. The standard InChI is InChI=1S/C23H24ClN5O4/c1-15(2)21(27-22(30)17-6-9-19(24)20(14-17)29(32)33)23(31)25-12-10-16-4-7-18(8-5-16)28-13-3-11-26-28/h3-9,11,13-15,21H,10,12H2,1-2H3,(H,25,31)(H,27,30). The molecule has 2 amide bonds. The molecule has 10 heteroatoms. The monoisotopic (exact) mass is 469 g/mol. The number of nitro groups is 1. The second-order valence-electron chi connectivity index (χ2n) is 7.78. The maximum Gasteiger partial charge on any atom is 0.288 e. The first-order chi connectivity index (χ1) is 15.8. The summed E-state index contributed by atoms with van der Waals surface area (Å²) >= 11 is 5.80. The van der Waals surface area contributed by atoms with E-state index in [0.29, 0.717) is 13.0 Å². The number of nitro benzene ring substituents is 1. The van der Waals surface area contributed by atoms with Crippen LogP contribution in [-0.4, -0.2) is 39.1 Å². The van der Waals surface area contributed by atoms with Crippen molar-refractivity contribution in [1.82, 2.24) is 20.4 Å². The Balaban J connectivity index is 1.57. The lowest BCUT2D eigenvalue weighted by molar-refractivity contribution is -0.384. The Morgan fingerprint density at radius 3 is 2.52 bits per heavy atom. The van der Waals surface area contributed by atoms with Gasteiger partial charge in [-0.05, 0) is 48.2 Å². The van der Waals surface area contributed by atoms with Crippen LogP contribution in [0.4, 0.5) is 5.69 Å². The van der Waals surface area contributed by atoms with Gasteiger partial charge >= 0.3 is 0 Å². The van der Waals surface area contributed by atoms with Crippen LogP contribution in [0.5, 0.6) is 0 Å². The minimum Gasteiger partial charge on any atom is -0.354 e. The molecule has 1 unspecified atom stereocenters. The summed E-state index contributed by atoms with van der Waals surface area (Å²) in [7, 11) is 0. The number of carbonyl (C=O) groups is 2. The number of amides is 2. The summed E-state index contributed by atoms with van der Waals surface area (Å²) in [5.41, 5.74) is 1.68. The first-order valence-corrected chi connectivity index (χ1v) is 10.8. The van der Waals surface area contributed by atoms with Crippen molar-refractivity contribution >= 4 is 29.1 Å². The predicted octanol–water partition coefficient (Wildman–Crippen LogP) is 3.55. The molecule has 0 saturated heterocycles. The lowest BCUT2D eigenvalue weighted by Gasteiger charge is -2.22. The second-order valence-corrected chi connectivity index (χ2v) is 8.18. The van der Waals surface area contributed by atoms with Crippen LogP contribution in [0.25, 0.3) is 5.69 Å². The van der Waals surface area contributed by atoms with Crippen molar-refractivity contribution in [2.24, 2.45) is 5.92 Å². The Bertz CT molecular complexity index is 1130. The number of hydrogen-bond donors (Lipinski definition) is 2. The average molecular weight is 470 g/mol. The van der Waals surface area contributed by atoms with Crippen LogP contribution in [0.1, 0.15) is 29.8 Å². The third-order valence-electron chi connectivity index (χ3n) is 5.06. The van der Waals surface area contributed by atoms with Gasteiger partial charge in [-0.25, -0.2) is 4.68 Å². The fourth-order valence-electron chi connectivity index (χ4n) is 3.23. The molecule has 0 saturated carbocycles. The van der Waals surface area contributed by atoms with E-state index >= 15 is 0 Å². The van der Waals surface area contributed by atoms with E-state index in [0.717, 1.165) is 17.3 Å². The number of benzene rings is 2. The molecular weight excluding hydrogens is 446 g/mol. The summed E-state index contributed by atoms with van der Waals surface area (Å²) in [5, 5.41) is 20.7. The van der Waals surface area contributed by atoms with Crippen LogP contribution in [0.2, 0.25) is 5.02 Å². The first-order valence-electron chi connectivity index (χ1n) is 10.4. The molecule has 1 aromatic heterocycles. The van der Waals surface area contributed by atoms with Gasteiger partial charge in [0, 0.05) is 30.6 Å². The van der Waals surface area contributed by atoms with Crippen molar-refractivity contribution in [3.05, 3.63) is 87.2 Å². The van der Waals surface area contributed by atoms with Gasteiger partial charge in [-0.2, -0.15) is 5.10 Å². The van der Waals surface area contributed by atoms with Crippen LogP contribution < -0.4 is 10.6 Å². The number of carbonyl (C=O) groups excluding carboxylic acids is 2. The zero-order chi connectivity index (χ0) is 24.0. The van der Waals surface area contributed by atoms with E-state index in [1.54, 1.807) is 10.9 Å². The van der Waals surface area contributed by atoms with Gasteiger partial charge in [-0.3, -0.25) is 19.7 Å². The smallest absolute Gasteiger partial charge is 0.288 e. The van der Waals surface area contributed by atoms with Crippen molar-refractivity contribution in [1.29, 1.82) is 0 Å². The molecule has 0 fully saturated rings. The Morgan fingerprint density at radius 2 is 1.91 bits per heavy atom. The number of hydrogen-bond acceptors (Lipinski definition) is 5. The van der Waals surface area contributed by atoms with Crippen LogP contribution in [0.15, 0.2) is 60.9 Å². The van der Waals surface area contributed by atoms with Crippen molar-refractivity contribution < 1.29 is 14.5 Å². The van der Waals surface area contributed by atoms with E-state index < -0.39 is 16.9 Å². The van der Waals surface area contributed by atoms with Crippen LogP contribution >= 0.6 is 11.6 Å². The molecule has 0 spiro atoms. The summed E-state index contributed by atoms with van der Waals surface area (Å²) in [4.78, 5) is 35.7. The number of nitrogens with one attached hydrogen (secondary N) is 2. The number of rotatable bonds is 9. The zero-order valence-electron chi connectivity index (χ0n) is 18.2. The second kappa shape index (κ2) is 10.7. The molecule has 1 atom stereocenters. The lowest BCUT2D eigenvalue weighted by Crippen LogP contribution is -2.50. The van der Waals surface area contributed by atoms with Gasteiger partial charge < -0.3 is 10.6 Å². The van der Waals surface area contributed by atoms with E-state index in [1.165, 1.54) is 12.1 Å². The Morgan fingerprint density at radius 1 is 1.18 bits per heavy atom. The number of nitrogens with zero attached hydrogens (tertiary/aromatic N) is 3. The predicted molar refractivity (Wildman–Crippen MR) is 124 cm³/mol. The Hall–Kier alpha value is -3.72. The normalized spacial score (nSPS) is 11.8. The highest BCUT2D eigenvalue weighted by atomic mass is 35.5. The van der Waals surface area contributed by atoms with E-state index in [2.05, 4.69) is 15.7 Å². The van der Waals surface area contributed by atoms with Gasteiger partial charge in [0.2, 0.25) is 5.91 Å². The molecule has 2 N–H and O–H groups in total. The van der Waals surface area contributed by atoms with Crippen molar-refractivity contribution in [2.75, 3.05) is 6.54 Å². The first kappa shape index (κ1) is 23.9. The fraction of sp³-hybridized carbons (Fsp3) is 0.261. The van der Waals surface area contributed by atoms with Crippen LogP contribution in [0, 0.1) is 16.0 Å². The molecule has 0 radical (unpaired) electrons. The van der Waals surface area contributed by atoms with Gasteiger partial charge in [0.15, 0.2) is 0 Å². The molecule has 0 aliphatic heterocycles. The van der Waals surface area contributed by atoms with Crippen molar-refractivity contribution in [2.45, 2.75) is 26.3 Å². The highest BCUT2D eigenvalue weighted by Gasteiger charge is 2.25. The number of halogens is 1. The summed E-state index contributed by atoms with van der Waals surface area (Å²) in [6.45, 7) is 4.01. The molecule has 3 rings (SSSR count). The summed E-state index contributed by atoms with van der Waals surface area (Å²) in [6, 6.07) is 12.7. The fourth-order valence-corrected chi connectivity index (χ4v) is 3.42. The minimum absolute atomic E-state index is 0.0572. The maximum atomic E-state index is 12.7. The van der Waals surface area contributed by atoms with Gasteiger partial charge in [0.05, 0.1) is 10.6 Å². The quantitative estimate of drug-likeness (QED) is 0.367. The highest BCUT2D eigenvalue weighted by molar-refractivity contribution is 6.32. The molecule has 0 bridgehead atoms. The van der Waals surface area contributed by atoms with E-state index in [4.69, 9.17) is 11.6 Å². The van der Waals surface area contributed by atoms with Gasteiger partial charge in [0.1, 0.15) is 11.1 Å². The van der Waals surface area contributed by atoms with Crippen molar-refractivity contribution in [3.63, 3.8) is 0 Å². The molecule has 1 heterocycles. The topological polar surface area (TPSA) is 119 Å². The molecular formula is C23H24ClN5O4. The summed E-state index contributed by atoms with van der Waals surface area (Å²) in [5.74, 6) is -1.10. The SMILES string of the molecule is CC(C)C(NC(=O)c1ccc(Cl)c([N+](=O)[O-])c1)C(=O)NCCc1ccc(-n2cccn2)cc1. The molecule has 33 heavy (non-hydrogen) atoms. The molecule has 2 aromatic carbocycles. The van der Waals surface area contributed by atoms with E-state index in [-0.39, 0.29) is 28.1 Å². The highest BCUT2D eigenvalue weighted by Crippen LogP contribution is 2.25. The third-order valence-corrected chi connectivity index (χ3v) is 5.38. The van der Waals surface area contributed by atoms with Crippen LogP contribution in [0.3, 0.4) is 0 Å². The largest absolute Gasteiger partial charge is 0.354 e.